The quantitative estimate of drug-likeness (QED) is 0.755. The van der Waals surface area contributed by atoms with Crippen LogP contribution in [0.15, 0.2) is 53.1 Å². The highest BCUT2D eigenvalue weighted by molar-refractivity contribution is 6.31. The zero-order valence-electron chi connectivity index (χ0n) is 11.4. The number of hydrogen-bond donors (Lipinski definition) is 1. The van der Waals surface area contributed by atoms with E-state index in [1.807, 2.05) is 24.3 Å². The number of anilines is 1. The van der Waals surface area contributed by atoms with Crippen LogP contribution < -0.4 is 5.32 Å². The summed E-state index contributed by atoms with van der Waals surface area (Å²) in [5.41, 5.74) is 7.18. The van der Waals surface area contributed by atoms with Crippen LogP contribution in [0, 0.1) is 0 Å². The van der Waals surface area contributed by atoms with Gasteiger partial charge in [0.2, 0.25) is 0 Å². The monoisotopic (exact) mass is 263 g/mol. The molecule has 0 spiro atoms. The summed E-state index contributed by atoms with van der Waals surface area (Å²) >= 11 is 0. The summed E-state index contributed by atoms with van der Waals surface area (Å²) in [6.45, 7) is 0. The van der Waals surface area contributed by atoms with Gasteiger partial charge in [0.15, 0.2) is 0 Å². The molecule has 20 heavy (non-hydrogen) atoms. The number of nitrogens with one attached hydrogen (secondary N) is 1. The third-order valence-corrected chi connectivity index (χ3v) is 4.45. The fraction of sp³-hybridized carbons (Fsp3) is 0.278. The summed E-state index contributed by atoms with van der Waals surface area (Å²) in [6.07, 6.45) is 10.5. The first-order valence-electron chi connectivity index (χ1n) is 7.35. The van der Waals surface area contributed by atoms with Crippen molar-refractivity contribution >= 4 is 17.2 Å². The fourth-order valence-corrected chi connectivity index (χ4v) is 3.45. The van der Waals surface area contributed by atoms with E-state index in [9.17, 15) is 4.79 Å². The molecule has 1 N–H and O–H groups in total. The zero-order valence-corrected chi connectivity index (χ0v) is 11.4. The minimum Gasteiger partial charge on any atom is -0.321 e. The molecule has 1 aromatic rings. The van der Waals surface area contributed by atoms with Gasteiger partial charge < -0.3 is 5.32 Å². The second kappa shape index (κ2) is 4.48. The summed E-state index contributed by atoms with van der Waals surface area (Å²) in [5, 5.41) is 2.94. The lowest BCUT2D eigenvalue weighted by molar-refractivity contribution is -0.110. The van der Waals surface area contributed by atoms with Gasteiger partial charge in [-0.25, -0.2) is 0 Å². The molecule has 2 nitrogen and oxygen atoms in total. The number of rotatable bonds is 1. The first-order chi connectivity index (χ1) is 9.81. The van der Waals surface area contributed by atoms with E-state index in [0.29, 0.717) is 0 Å². The number of carbonyl (C=O) groups is 1. The molecule has 0 atom stereocenters. The molecular weight excluding hydrogens is 246 g/mol. The largest absolute Gasteiger partial charge is 0.321 e. The number of hydrogen-bond acceptors (Lipinski definition) is 1. The smallest absolute Gasteiger partial charge is 0.256 e. The van der Waals surface area contributed by atoms with Crippen molar-refractivity contribution in [2.24, 2.45) is 0 Å². The molecule has 0 bridgehead atoms. The van der Waals surface area contributed by atoms with Crippen molar-refractivity contribution in [3.63, 3.8) is 0 Å². The van der Waals surface area contributed by atoms with Gasteiger partial charge >= 0.3 is 0 Å². The van der Waals surface area contributed by atoms with Gasteiger partial charge in [0.05, 0.1) is 0 Å². The summed E-state index contributed by atoms with van der Waals surface area (Å²) in [4.78, 5) is 12.1. The predicted molar refractivity (Wildman–Crippen MR) is 81.2 cm³/mol. The maximum atomic E-state index is 12.1. The number of benzene rings is 1. The number of amides is 1. The van der Waals surface area contributed by atoms with Crippen molar-refractivity contribution in [2.45, 2.75) is 32.1 Å². The molecule has 1 aliphatic heterocycles. The Morgan fingerprint density at radius 1 is 1.10 bits per heavy atom. The molecule has 3 aliphatic rings. The molecular formula is C18H17NO. The normalized spacial score (nSPS) is 22.7. The van der Waals surface area contributed by atoms with Crippen molar-refractivity contribution in [3.8, 4) is 0 Å². The van der Waals surface area contributed by atoms with Crippen LogP contribution in [-0.2, 0) is 4.79 Å². The second-order valence-corrected chi connectivity index (χ2v) is 5.79. The van der Waals surface area contributed by atoms with E-state index in [1.165, 1.54) is 36.8 Å². The Kier molecular flexibility index (Phi) is 2.62. The van der Waals surface area contributed by atoms with Gasteiger partial charge in [-0.05, 0) is 55.4 Å². The Bertz CT molecular complexity index is 691. The Labute approximate surface area is 118 Å². The van der Waals surface area contributed by atoms with Crippen LogP contribution in [-0.4, -0.2) is 5.91 Å². The molecule has 1 heterocycles. The SMILES string of the molecule is O=C1Nc2ccccc2C1=CC1=CC2=C(CCCC2)C1. The summed E-state index contributed by atoms with van der Waals surface area (Å²) in [5.74, 6) is 0.0250. The lowest BCUT2D eigenvalue weighted by Gasteiger charge is -2.12. The highest BCUT2D eigenvalue weighted by atomic mass is 16.2. The predicted octanol–water partition coefficient (Wildman–Crippen LogP) is 4.22. The van der Waals surface area contributed by atoms with E-state index in [2.05, 4.69) is 17.5 Å². The van der Waals surface area contributed by atoms with E-state index in [0.717, 1.165) is 23.2 Å². The van der Waals surface area contributed by atoms with Gasteiger partial charge in [-0.15, -0.1) is 0 Å². The number of fused-ring (bicyclic) bond motifs is 1. The average Bonchev–Trinajstić information content (AvgIpc) is 3.00. The summed E-state index contributed by atoms with van der Waals surface area (Å²) in [6, 6.07) is 7.92. The first-order valence-corrected chi connectivity index (χ1v) is 7.35. The zero-order chi connectivity index (χ0) is 13.5. The third kappa shape index (κ3) is 1.83. The van der Waals surface area contributed by atoms with Crippen LogP contribution >= 0.6 is 0 Å². The molecule has 0 saturated heterocycles. The molecule has 0 unspecified atom stereocenters. The van der Waals surface area contributed by atoms with Crippen molar-refractivity contribution in [2.75, 3.05) is 5.32 Å². The first kappa shape index (κ1) is 11.7. The summed E-state index contributed by atoms with van der Waals surface area (Å²) < 4.78 is 0. The van der Waals surface area contributed by atoms with Crippen LogP contribution in [0.4, 0.5) is 5.69 Å². The minimum absolute atomic E-state index is 0.0250. The lowest BCUT2D eigenvalue weighted by Crippen LogP contribution is -2.03. The number of allylic oxidation sites excluding steroid dienone is 5. The molecule has 2 aliphatic carbocycles. The van der Waals surface area contributed by atoms with E-state index >= 15 is 0 Å². The molecule has 1 aromatic carbocycles. The van der Waals surface area contributed by atoms with E-state index < -0.39 is 0 Å². The van der Waals surface area contributed by atoms with Crippen molar-refractivity contribution in [3.05, 3.63) is 58.7 Å². The van der Waals surface area contributed by atoms with E-state index in [1.54, 1.807) is 5.57 Å². The van der Waals surface area contributed by atoms with Gasteiger partial charge in [-0.3, -0.25) is 4.79 Å². The molecule has 0 aromatic heterocycles. The van der Waals surface area contributed by atoms with Crippen LogP contribution in [0.2, 0.25) is 0 Å². The van der Waals surface area contributed by atoms with Crippen molar-refractivity contribution < 1.29 is 4.79 Å². The van der Waals surface area contributed by atoms with Gasteiger partial charge in [0.25, 0.3) is 5.91 Å². The molecule has 0 saturated carbocycles. The molecule has 1 amide bonds. The van der Waals surface area contributed by atoms with Crippen LogP contribution in [0.5, 0.6) is 0 Å². The topological polar surface area (TPSA) is 29.1 Å². The molecule has 0 fully saturated rings. The average molecular weight is 263 g/mol. The molecule has 100 valence electrons. The van der Waals surface area contributed by atoms with E-state index in [-0.39, 0.29) is 5.91 Å². The Morgan fingerprint density at radius 2 is 1.95 bits per heavy atom. The van der Waals surface area contributed by atoms with Crippen molar-refractivity contribution in [1.82, 2.24) is 0 Å². The van der Waals surface area contributed by atoms with Gasteiger partial charge in [0.1, 0.15) is 0 Å². The highest BCUT2D eigenvalue weighted by Gasteiger charge is 2.25. The van der Waals surface area contributed by atoms with Gasteiger partial charge in [0, 0.05) is 16.8 Å². The Balaban J connectivity index is 1.68. The standard InChI is InChI=1S/C18H17NO/c20-18-16(15-7-3-4-8-17(15)19-18)11-12-9-13-5-1-2-6-14(13)10-12/h3-4,7-9,11H,1-2,5-6,10H2,(H,19,20). The van der Waals surface area contributed by atoms with Crippen LogP contribution in [0.25, 0.3) is 5.57 Å². The molecule has 2 heteroatoms. The van der Waals surface area contributed by atoms with Crippen LogP contribution in [0.3, 0.4) is 0 Å². The highest BCUT2D eigenvalue weighted by Crippen LogP contribution is 2.39. The molecule has 4 rings (SSSR count). The van der Waals surface area contributed by atoms with Crippen molar-refractivity contribution in [1.29, 1.82) is 0 Å². The van der Waals surface area contributed by atoms with E-state index in [4.69, 9.17) is 0 Å². The van der Waals surface area contributed by atoms with Gasteiger partial charge in [-0.2, -0.15) is 0 Å². The summed E-state index contributed by atoms with van der Waals surface area (Å²) in [7, 11) is 0. The fourth-order valence-electron chi connectivity index (χ4n) is 3.45. The maximum Gasteiger partial charge on any atom is 0.256 e. The molecule has 0 radical (unpaired) electrons. The Morgan fingerprint density at radius 3 is 2.85 bits per heavy atom. The number of para-hydroxylation sites is 1. The lowest BCUT2D eigenvalue weighted by atomic mass is 9.93. The van der Waals surface area contributed by atoms with Gasteiger partial charge in [-0.1, -0.05) is 29.8 Å². The Hall–Kier alpha value is -2.09. The van der Waals surface area contributed by atoms with Crippen LogP contribution in [0.1, 0.15) is 37.7 Å². The number of carbonyl (C=O) groups excluding carboxylic acids is 1. The minimum atomic E-state index is 0.0250. The third-order valence-electron chi connectivity index (χ3n) is 4.45. The maximum absolute atomic E-state index is 12.1. The second-order valence-electron chi connectivity index (χ2n) is 5.79.